The molecule has 0 saturated heterocycles. The van der Waals surface area contributed by atoms with Gasteiger partial charge in [-0.1, -0.05) is 27.7 Å². The smallest absolute Gasteiger partial charge is 0.372 e. The molecule has 18 heavy (non-hydrogen) atoms. The van der Waals surface area contributed by atoms with Crippen LogP contribution in [0.3, 0.4) is 0 Å². The molecule has 0 aliphatic carbocycles. The lowest BCUT2D eigenvalue weighted by Gasteiger charge is -2.15. The van der Waals surface area contributed by atoms with E-state index in [1.165, 1.54) is 0 Å². The van der Waals surface area contributed by atoms with Crippen LogP contribution >= 0.6 is 15.9 Å². The zero-order valence-electron chi connectivity index (χ0n) is 11.0. The lowest BCUT2D eigenvalue weighted by molar-refractivity contribution is 0.181. The fourth-order valence-corrected chi connectivity index (χ4v) is 2.29. The van der Waals surface area contributed by atoms with E-state index in [0.29, 0.717) is 0 Å². The second-order valence-electron chi connectivity index (χ2n) is 4.46. The van der Waals surface area contributed by atoms with E-state index in [9.17, 15) is 9.13 Å². The summed E-state index contributed by atoms with van der Waals surface area (Å²) in [4.78, 5) is 8.44. The van der Waals surface area contributed by atoms with Crippen LogP contribution in [0.15, 0.2) is 0 Å². The van der Waals surface area contributed by atoms with E-state index in [1.807, 2.05) is 33.8 Å². The Hall–Kier alpha value is -0.300. The minimum Gasteiger partial charge on any atom is -0.372 e. The zero-order valence-corrected chi connectivity index (χ0v) is 12.9. The summed E-state index contributed by atoms with van der Waals surface area (Å²) >= 11 is 0. The third-order valence-corrected chi connectivity index (χ3v) is 3.10. The Kier molecular flexibility index (Phi) is 8.60. The molecule has 8 heteroatoms. The number of hydrogen-bond acceptors (Lipinski definition) is 5. The van der Waals surface area contributed by atoms with Crippen LogP contribution in [0.1, 0.15) is 27.7 Å². The monoisotopic (exact) mass is 298 g/mol. The SMILES string of the molecule is CC(C)COP(=O)(C#CO[PH](=O)O)OCC(C)C. The third-order valence-electron chi connectivity index (χ3n) is 1.48. The first-order valence-electron chi connectivity index (χ1n) is 5.56. The summed E-state index contributed by atoms with van der Waals surface area (Å²) in [5, 5.41) is 0. The molecule has 1 unspecified atom stereocenters. The van der Waals surface area contributed by atoms with Crippen molar-refractivity contribution < 1.29 is 27.6 Å². The maximum atomic E-state index is 12.1. The van der Waals surface area contributed by atoms with Gasteiger partial charge in [-0.05, 0) is 11.8 Å². The molecular formula is C10H20O6P2. The van der Waals surface area contributed by atoms with Crippen LogP contribution < -0.4 is 0 Å². The van der Waals surface area contributed by atoms with Gasteiger partial charge in [0.2, 0.25) is 0 Å². The molecule has 0 rings (SSSR count). The second kappa shape index (κ2) is 8.74. The largest absolute Gasteiger partial charge is 0.408 e. The quantitative estimate of drug-likeness (QED) is 0.575. The molecule has 1 N–H and O–H groups in total. The van der Waals surface area contributed by atoms with Gasteiger partial charge in [0.15, 0.2) is 0 Å². The molecule has 0 aliphatic heterocycles. The van der Waals surface area contributed by atoms with Gasteiger partial charge in [0.25, 0.3) is 0 Å². The van der Waals surface area contributed by atoms with Crippen LogP contribution in [-0.2, 0) is 22.7 Å². The Morgan fingerprint density at radius 1 is 1.17 bits per heavy atom. The van der Waals surface area contributed by atoms with Gasteiger partial charge < -0.3 is 9.42 Å². The Balaban J connectivity index is 4.61. The third kappa shape index (κ3) is 9.70. The molecule has 0 amide bonds. The van der Waals surface area contributed by atoms with Crippen molar-refractivity contribution in [2.24, 2.45) is 11.8 Å². The standard InChI is InChI=1S/C10H20O6P2/c1-9(2)7-15-18(13,16-8-10(3)4)6-5-14-17(11)12/h9-10,17H,7-8H2,1-4H3,(H,11,12). The Labute approximate surface area is 108 Å². The van der Waals surface area contributed by atoms with E-state index in [1.54, 1.807) is 0 Å². The Morgan fingerprint density at radius 3 is 1.94 bits per heavy atom. The summed E-state index contributed by atoms with van der Waals surface area (Å²) in [6.45, 7) is 8.01. The molecule has 0 aromatic carbocycles. The predicted octanol–water partition coefficient (Wildman–Crippen LogP) is 2.84. The summed E-state index contributed by atoms with van der Waals surface area (Å²) < 4.78 is 36.9. The molecule has 0 radical (unpaired) electrons. The first kappa shape index (κ1) is 17.7. The van der Waals surface area contributed by atoms with Crippen LogP contribution in [0.4, 0.5) is 0 Å². The minimum atomic E-state index is -3.60. The van der Waals surface area contributed by atoms with E-state index in [-0.39, 0.29) is 25.0 Å². The molecular weight excluding hydrogens is 278 g/mol. The average molecular weight is 298 g/mol. The van der Waals surface area contributed by atoms with Crippen molar-refractivity contribution in [1.29, 1.82) is 0 Å². The first-order valence-corrected chi connectivity index (χ1v) is 8.37. The van der Waals surface area contributed by atoms with E-state index < -0.39 is 15.9 Å². The summed E-state index contributed by atoms with van der Waals surface area (Å²) in [6.07, 6.45) is 1.89. The molecule has 0 aliphatic rings. The van der Waals surface area contributed by atoms with Crippen LogP contribution in [0.2, 0.25) is 0 Å². The molecule has 0 spiro atoms. The highest BCUT2D eigenvalue weighted by atomic mass is 31.2. The summed E-state index contributed by atoms with van der Waals surface area (Å²) in [5.41, 5.74) is 2.14. The van der Waals surface area contributed by atoms with Gasteiger partial charge in [-0.25, -0.2) is 9.13 Å². The normalized spacial score (nSPS) is 13.3. The van der Waals surface area contributed by atoms with Crippen LogP contribution in [0, 0.1) is 23.6 Å². The summed E-state index contributed by atoms with van der Waals surface area (Å²) in [7, 11) is -6.78. The van der Waals surface area contributed by atoms with Crippen molar-refractivity contribution in [2.75, 3.05) is 13.2 Å². The number of rotatable bonds is 7. The van der Waals surface area contributed by atoms with Crippen molar-refractivity contribution in [3.63, 3.8) is 0 Å². The Bertz CT molecular complexity index is 352. The topological polar surface area (TPSA) is 82.1 Å². The average Bonchev–Trinajstić information content (AvgIpc) is 2.23. The fraction of sp³-hybridized carbons (Fsp3) is 0.800. The zero-order chi connectivity index (χ0) is 14.2. The second-order valence-corrected chi connectivity index (χ2v) is 6.93. The van der Waals surface area contributed by atoms with Crippen molar-refractivity contribution in [3.8, 4) is 11.8 Å². The van der Waals surface area contributed by atoms with Crippen molar-refractivity contribution in [3.05, 3.63) is 0 Å². The molecule has 0 heterocycles. The molecule has 0 aromatic rings. The lowest BCUT2D eigenvalue weighted by atomic mass is 10.2. The van der Waals surface area contributed by atoms with Gasteiger partial charge in [0.1, 0.15) is 6.11 Å². The number of hydrogen-bond donors (Lipinski definition) is 1. The van der Waals surface area contributed by atoms with Gasteiger partial charge in [-0.15, -0.1) is 0 Å². The van der Waals surface area contributed by atoms with Crippen LogP contribution in [0.25, 0.3) is 0 Å². The van der Waals surface area contributed by atoms with Gasteiger partial charge >= 0.3 is 15.9 Å². The molecule has 0 saturated carbocycles. The maximum Gasteiger partial charge on any atom is 0.408 e. The van der Waals surface area contributed by atoms with Crippen molar-refractivity contribution >= 4 is 15.9 Å². The van der Waals surface area contributed by atoms with Gasteiger partial charge in [0.05, 0.1) is 18.9 Å². The molecule has 0 aromatic heterocycles. The highest BCUT2D eigenvalue weighted by Gasteiger charge is 2.23. The van der Waals surface area contributed by atoms with Crippen LogP contribution in [0.5, 0.6) is 0 Å². The van der Waals surface area contributed by atoms with Crippen molar-refractivity contribution in [2.45, 2.75) is 27.7 Å². The highest BCUT2D eigenvalue weighted by molar-refractivity contribution is 7.59. The molecule has 0 fully saturated rings. The van der Waals surface area contributed by atoms with E-state index in [0.717, 1.165) is 0 Å². The van der Waals surface area contributed by atoms with Crippen molar-refractivity contribution in [1.82, 2.24) is 0 Å². The Morgan fingerprint density at radius 2 is 1.61 bits per heavy atom. The van der Waals surface area contributed by atoms with E-state index in [2.05, 4.69) is 10.2 Å². The van der Waals surface area contributed by atoms with E-state index >= 15 is 0 Å². The maximum absolute atomic E-state index is 12.1. The first-order chi connectivity index (χ1) is 8.25. The van der Waals surface area contributed by atoms with Crippen LogP contribution in [-0.4, -0.2) is 18.1 Å². The molecule has 1 atom stereocenters. The van der Waals surface area contributed by atoms with Gasteiger partial charge in [-0.2, -0.15) is 0 Å². The minimum absolute atomic E-state index is 0.167. The summed E-state index contributed by atoms with van der Waals surface area (Å²) in [5.74, 6) is 0.335. The van der Waals surface area contributed by atoms with Gasteiger partial charge in [-0.3, -0.25) is 9.05 Å². The molecule has 6 nitrogen and oxygen atoms in total. The highest BCUT2D eigenvalue weighted by Crippen LogP contribution is 2.47. The van der Waals surface area contributed by atoms with Gasteiger partial charge in [0, 0.05) is 0 Å². The molecule has 0 bridgehead atoms. The fourth-order valence-electron chi connectivity index (χ4n) is 0.719. The predicted molar refractivity (Wildman–Crippen MR) is 69.3 cm³/mol. The lowest BCUT2D eigenvalue weighted by Crippen LogP contribution is -2.05. The molecule has 106 valence electrons. The van der Waals surface area contributed by atoms with E-state index in [4.69, 9.17) is 13.9 Å². The summed E-state index contributed by atoms with van der Waals surface area (Å²) in [6, 6.07) is 0.